The van der Waals surface area contributed by atoms with E-state index in [-0.39, 0.29) is 25.2 Å². The van der Waals surface area contributed by atoms with Crippen molar-refractivity contribution in [2.75, 3.05) is 7.11 Å². The number of rotatable bonds is 7. The summed E-state index contributed by atoms with van der Waals surface area (Å²) in [5.41, 5.74) is 1.29. The number of aromatic nitrogens is 2. The molecule has 0 saturated carbocycles. The van der Waals surface area contributed by atoms with Crippen LogP contribution >= 0.6 is 11.6 Å². The molecule has 1 aromatic heterocycles. The number of methoxy groups -OCH3 is 1. The molecule has 3 rings (SSSR count). The standard InChI is InChI=1S/C19H16ClFN2O4/c1-25-16-7-2-12(10-15(16)21)11-26-18(24)9-8-17-22-19(23-27-17)13-3-5-14(20)6-4-13/h2-7,10H,8-9,11H2,1H3. The van der Waals surface area contributed by atoms with Gasteiger partial charge in [0.2, 0.25) is 11.7 Å². The maximum atomic E-state index is 13.6. The molecule has 1 heterocycles. The first kappa shape index (κ1) is 18.8. The van der Waals surface area contributed by atoms with Crippen molar-refractivity contribution in [3.05, 3.63) is 64.8 Å². The van der Waals surface area contributed by atoms with E-state index in [0.717, 1.165) is 5.56 Å². The number of carbonyl (C=O) groups is 1. The molecule has 0 atom stereocenters. The summed E-state index contributed by atoms with van der Waals surface area (Å²) in [5, 5.41) is 4.49. The molecular formula is C19H16ClFN2O4. The Labute approximate surface area is 159 Å². The molecule has 0 saturated heterocycles. The van der Waals surface area contributed by atoms with Gasteiger partial charge in [-0.3, -0.25) is 4.79 Å². The molecule has 2 aromatic carbocycles. The fourth-order valence-corrected chi connectivity index (χ4v) is 2.44. The first-order valence-corrected chi connectivity index (χ1v) is 8.49. The third-order valence-electron chi connectivity index (χ3n) is 3.73. The third kappa shape index (κ3) is 5.04. The lowest BCUT2D eigenvalue weighted by Crippen LogP contribution is -2.06. The molecule has 0 aliphatic heterocycles. The largest absolute Gasteiger partial charge is 0.494 e. The van der Waals surface area contributed by atoms with Gasteiger partial charge in [0.1, 0.15) is 6.61 Å². The number of ether oxygens (including phenoxy) is 2. The number of hydrogen-bond donors (Lipinski definition) is 0. The second-order valence-corrected chi connectivity index (χ2v) is 6.08. The zero-order chi connectivity index (χ0) is 19.2. The normalized spacial score (nSPS) is 10.6. The van der Waals surface area contributed by atoms with Gasteiger partial charge in [-0.2, -0.15) is 4.98 Å². The summed E-state index contributed by atoms with van der Waals surface area (Å²) in [7, 11) is 1.38. The third-order valence-corrected chi connectivity index (χ3v) is 3.98. The van der Waals surface area contributed by atoms with Gasteiger partial charge < -0.3 is 14.0 Å². The number of aryl methyl sites for hydroxylation is 1. The Kier molecular flexibility index (Phi) is 6.03. The summed E-state index contributed by atoms with van der Waals surface area (Å²) in [4.78, 5) is 16.1. The zero-order valence-electron chi connectivity index (χ0n) is 14.4. The first-order chi connectivity index (χ1) is 13.0. The number of benzene rings is 2. The molecule has 140 valence electrons. The predicted octanol–water partition coefficient (Wildman–Crippen LogP) is 4.21. The van der Waals surface area contributed by atoms with E-state index in [0.29, 0.717) is 22.3 Å². The van der Waals surface area contributed by atoms with Gasteiger partial charge in [-0.1, -0.05) is 22.8 Å². The first-order valence-electron chi connectivity index (χ1n) is 8.11. The van der Waals surface area contributed by atoms with Gasteiger partial charge >= 0.3 is 5.97 Å². The van der Waals surface area contributed by atoms with Gasteiger partial charge in [-0.15, -0.1) is 0 Å². The highest BCUT2D eigenvalue weighted by Gasteiger charge is 2.12. The predicted molar refractivity (Wildman–Crippen MR) is 95.8 cm³/mol. The SMILES string of the molecule is COc1ccc(COC(=O)CCc2nc(-c3ccc(Cl)cc3)no2)cc1F. The molecule has 0 aliphatic carbocycles. The number of esters is 1. The van der Waals surface area contributed by atoms with Gasteiger partial charge in [0, 0.05) is 17.0 Å². The molecular weight excluding hydrogens is 375 g/mol. The Balaban J connectivity index is 1.49. The molecule has 0 radical (unpaired) electrons. The van der Waals surface area contributed by atoms with Crippen LogP contribution in [0.3, 0.4) is 0 Å². The summed E-state index contributed by atoms with van der Waals surface area (Å²) in [5.74, 6) is -0.0711. The lowest BCUT2D eigenvalue weighted by molar-refractivity contribution is -0.145. The van der Waals surface area contributed by atoms with Gasteiger partial charge in [0.15, 0.2) is 11.6 Å². The van der Waals surface area contributed by atoms with Crippen molar-refractivity contribution in [2.24, 2.45) is 0 Å². The second kappa shape index (κ2) is 8.64. The summed E-state index contributed by atoms with van der Waals surface area (Å²) >= 11 is 5.84. The fourth-order valence-electron chi connectivity index (χ4n) is 2.32. The summed E-state index contributed by atoms with van der Waals surface area (Å²) in [6, 6.07) is 11.4. The monoisotopic (exact) mass is 390 g/mol. The van der Waals surface area contributed by atoms with E-state index in [1.807, 2.05) is 0 Å². The zero-order valence-corrected chi connectivity index (χ0v) is 15.2. The van der Waals surface area contributed by atoms with Crippen molar-refractivity contribution in [3.63, 3.8) is 0 Å². The van der Waals surface area contributed by atoms with Crippen molar-refractivity contribution in [2.45, 2.75) is 19.4 Å². The van der Waals surface area contributed by atoms with Gasteiger partial charge in [0.05, 0.1) is 13.5 Å². The molecule has 0 spiro atoms. The van der Waals surface area contributed by atoms with Crippen LogP contribution in [0.15, 0.2) is 47.0 Å². The maximum Gasteiger partial charge on any atom is 0.306 e. The number of carbonyl (C=O) groups excluding carboxylic acids is 1. The van der Waals surface area contributed by atoms with E-state index < -0.39 is 11.8 Å². The minimum atomic E-state index is -0.508. The van der Waals surface area contributed by atoms with Crippen LogP contribution in [0.5, 0.6) is 5.75 Å². The highest BCUT2D eigenvalue weighted by molar-refractivity contribution is 6.30. The fraction of sp³-hybridized carbons (Fsp3) is 0.211. The smallest absolute Gasteiger partial charge is 0.306 e. The van der Waals surface area contributed by atoms with Gasteiger partial charge in [-0.05, 0) is 42.0 Å². The van der Waals surface area contributed by atoms with Gasteiger partial charge in [0.25, 0.3) is 0 Å². The van der Waals surface area contributed by atoms with Crippen LogP contribution in [0.2, 0.25) is 5.02 Å². The van der Waals surface area contributed by atoms with Crippen LogP contribution in [0, 0.1) is 5.82 Å². The number of hydrogen-bond acceptors (Lipinski definition) is 6. The highest BCUT2D eigenvalue weighted by atomic mass is 35.5. The van der Waals surface area contributed by atoms with Crippen LogP contribution in [0.1, 0.15) is 17.9 Å². The Hall–Kier alpha value is -2.93. The van der Waals surface area contributed by atoms with Crippen molar-refractivity contribution in [1.82, 2.24) is 10.1 Å². The minimum absolute atomic E-state index is 0.0282. The van der Waals surface area contributed by atoms with Crippen LogP contribution in [-0.2, 0) is 22.6 Å². The molecule has 0 fully saturated rings. The molecule has 0 N–H and O–H groups in total. The van der Waals surface area contributed by atoms with E-state index in [1.54, 1.807) is 30.3 Å². The van der Waals surface area contributed by atoms with Crippen LogP contribution in [-0.4, -0.2) is 23.2 Å². The van der Waals surface area contributed by atoms with E-state index >= 15 is 0 Å². The Bertz CT molecular complexity index is 928. The number of nitrogens with zero attached hydrogens (tertiary/aromatic N) is 2. The molecule has 3 aromatic rings. The molecule has 6 nitrogen and oxygen atoms in total. The van der Waals surface area contributed by atoms with E-state index in [1.165, 1.54) is 19.2 Å². The maximum absolute atomic E-state index is 13.6. The number of halogens is 2. The van der Waals surface area contributed by atoms with Crippen LogP contribution in [0.25, 0.3) is 11.4 Å². The van der Waals surface area contributed by atoms with E-state index in [4.69, 9.17) is 25.6 Å². The Morgan fingerprint density at radius 3 is 2.70 bits per heavy atom. The van der Waals surface area contributed by atoms with Gasteiger partial charge in [-0.25, -0.2) is 4.39 Å². The molecule has 0 bridgehead atoms. The minimum Gasteiger partial charge on any atom is -0.494 e. The summed E-state index contributed by atoms with van der Waals surface area (Å²) < 4.78 is 28.7. The van der Waals surface area contributed by atoms with Crippen molar-refractivity contribution in [1.29, 1.82) is 0 Å². The average molecular weight is 391 g/mol. The van der Waals surface area contributed by atoms with E-state index in [2.05, 4.69) is 10.1 Å². The summed E-state index contributed by atoms with van der Waals surface area (Å²) in [6.07, 6.45) is 0.317. The van der Waals surface area contributed by atoms with Crippen molar-refractivity contribution >= 4 is 17.6 Å². The van der Waals surface area contributed by atoms with Crippen molar-refractivity contribution < 1.29 is 23.2 Å². The molecule has 0 aliphatic rings. The second-order valence-electron chi connectivity index (χ2n) is 5.65. The van der Waals surface area contributed by atoms with Crippen LogP contribution in [0.4, 0.5) is 4.39 Å². The molecule has 27 heavy (non-hydrogen) atoms. The highest BCUT2D eigenvalue weighted by Crippen LogP contribution is 2.20. The average Bonchev–Trinajstić information content (AvgIpc) is 3.14. The Morgan fingerprint density at radius 2 is 2.00 bits per heavy atom. The molecule has 0 unspecified atom stereocenters. The van der Waals surface area contributed by atoms with E-state index in [9.17, 15) is 9.18 Å². The quantitative estimate of drug-likeness (QED) is 0.562. The lowest BCUT2D eigenvalue weighted by Gasteiger charge is -2.06. The topological polar surface area (TPSA) is 74.5 Å². The molecule has 0 amide bonds. The van der Waals surface area contributed by atoms with Crippen molar-refractivity contribution in [3.8, 4) is 17.1 Å². The molecule has 8 heteroatoms. The van der Waals surface area contributed by atoms with Crippen LogP contribution < -0.4 is 4.74 Å². The summed E-state index contributed by atoms with van der Waals surface area (Å²) in [6.45, 7) is -0.0282. The lowest BCUT2D eigenvalue weighted by atomic mass is 10.2. The Morgan fingerprint density at radius 1 is 1.22 bits per heavy atom.